The van der Waals surface area contributed by atoms with Crippen LogP contribution in [0, 0.1) is 11.3 Å². The van der Waals surface area contributed by atoms with Gasteiger partial charge in [-0.2, -0.15) is 0 Å². The third kappa shape index (κ3) is 5.87. The molecule has 1 N–H and O–H groups in total. The molecule has 2 heteroatoms. The van der Waals surface area contributed by atoms with E-state index in [2.05, 4.69) is 44.8 Å². The zero-order valence-electron chi connectivity index (χ0n) is 12.6. The van der Waals surface area contributed by atoms with E-state index in [1.54, 1.807) is 0 Å². The van der Waals surface area contributed by atoms with E-state index < -0.39 is 0 Å². The molecule has 1 rings (SSSR count). The van der Waals surface area contributed by atoms with Crippen LogP contribution in [0.4, 0.5) is 0 Å². The third-order valence-corrected chi connectivity index (χ3v) is 3.83. The Hall–Kier alpha value is -0.0800. The Morgan fingerprint density at radius 3 is 2.29 bits per heavy atom. The molecule has 0 aromatic rings. The van der Waals surface area contributed by atoms with Gasteiger partial charge in [0.1, 0.15) is 0 Å². The number of piperidine rings is 1. The first-order chi connectivity index (χ1) is 7.92. The minimum atomic E-state index is 0.400. The van der Waals surface area contributed by atoms with E-state index in [0.717, 1.165) is 12.5 Å². The molecule has 0 spiro atoms. The molecule has 0 aromatic carbocycles. The van der Waals surface area contributed by atoms with Crippen LogP contribution in [-0.2, 0) is 0 Å². The smallest absolute Gasteiger partial charge is 0.00681 e. The molecule has 1 heterocycles. The quantitative estimate of drug-likeness (QED) is 0.794. The molecular formula is C15H32N2. The molecule has 0 bridgehead atoms. The zero-order chi connectivity index (χ0) is 12.9. The van der Waals surface area contributed by atoms with Crippen molar-refractivity contribution in [1.29, 1.82) is 0 Å². The van der Waals surface area contributed by atoms with Crippen molar-refractivity contribution in [3.63, 3.8) is 0 Å². The summed E-state index contributed by atoms with van der Waals surface area (Å²) in [6.07, 6.45) is 4.04. The van der Waals surface area contributed by atoms with Gasteiger partial charge in [0.05, 0.1) is 0 Å². The number of likely N-dealkylation sites (tertiary alicyclic amines) is 1. The minimum absolute atomic E-state index is 0.400. The van der Waals surface area contributed by atoms with Gasteiger partial charge in [0.2, 0.25) is 0 Å². The van der Waals surface area contributed by atoms with E-state index in [-0.39, 0.29) is 0 Å². The number of rotatable bonds is 5. The molecule has 17 heavy (non-hydrogen) atoms. The molecule has 1 aliphatic rings. The normalized spacial score (nSPS) is 21.7. The maximum atomic E-state index is 3.72. The lowest BCUT2D eigenvalue weighted by molar-refractivity contribution is 0.158. The highest BCUT2D eigenvalue weighted by Gasteiger charge is 2.24. The molecular weight excluding hydrogens is 208 g/mol. The number of nitrogens with one attached hydrogen (secondary N) is 1. The summed E-state index contributed by atoms with van der Waals surface area (Å²) >= 11 is 0. The van der Waals surface area contributed by atoms with E-state index in [1.165, 1.54) is 38.9 Å². The SMILES string of the molecule is CCCN1CCC(C(C)NCC(C)(C)C)CC1. The monoisotopic (exact) mass is 240 g/mol. The van der Waals surface area contributed by atoms with Crippen molar-refractivity contribution in [3.05, 3.63) is 0 Å². The summed E-state index contributed by atoms with van der Waals surface area (Å²) in [4.78, 5) is 2.62. The van der Waals surface area contributed by atoms with Crippen LogP contribution in [0.5, 0.6) is 0 Å². The fourth-order valence-electron chi connectivity index (χ4n) is 2.63. The molecule has 0 aliphatic carbocycles. The minimum Gasteiger partial charge on any atom is -0.313 e. The lowest BCUT2D eigenvalue weighted by atomic mass is 9.89. The predicted molar refractivity (Wildman–Crippen MR) is 76.4 cm³/mol. The lowest BCUT2D eigenvalue weighted by Gasteiger charge is -2.36. The molecule has 1 atom stereocenters. The second kappa shape index (κ2) is 6.75. The summed E-state index contributed by atoms with van der Waals surface area (Å²) < 4.78 is 0. The van der Waals surface area contributed by atoms with Gasteiger partial charge in [-0.1, -0.05) is 27.7 Å². The molecule has 0 radical (unpaired) electrons. The first-order valence-electron chi connectivity index (χ1n) is 7.38. The summed E-state index contributed by atoms with van der Waals surface area (Å²) in [6, 6.07) is 0.679. The molecule has 0 amide bonds. The Morgan fingerprint density at radius 1 is 1.24 bits per heavy atom. The Bertz CT molecular complexity index is 199. The Kier molecular flexibility index (Phi) is 5.94. The van der Waals surface area contributed by atoms with Crippen molar-refractivity contribution < 1.29 is 0 Å². The third-order valence-electron chi connectivity index (χ3n) is 3.83. The van der Waals surface area contributed by atoms with Gasteiger partial charge in [0.25, 0.3) is 0 Å². The highest BCUT2D eigenvalue weighted by Crippen LogP contribution is 2.21. The van der Waals surface area contributed by atoms with Gasteiger partial charge < -0.3 is 10.2 Å². The Balaban J connectivity index is 2.23. The Labute approximate surface area is 108 Å². The fraction of sp³-hybridized carbons (Fsp3) is 1.00. The summed E-state index contributed by atoms with van der Waals surface area (Å²) in [6.45, 7) is 16.6. The zero-order valence-corrected chi connectivity index (χ0v) is 12.6. The van der Waals surface area contributed by atoms with Crippen LogP contribution >= 0.6 is 0 Å². The number of hydrogen-bond acceptors (Lipinski definition) is 2. The van der Waals surface area contributed by atoms with Crippen molar-refractivity contribution in [2.24, 2.45) is 11.3 Å². The summed E-state index contributed by atoms with van der Waals surface area (Å²) in [5.74, 6) is 0.880. The van der Waals surface area contributed by atoms with E-state index >= 15 is 0 Å². The van der Waals surface area contributed by atoms with E-state index in [9.17, 15) is 0 Å². The van der Waals surface area contributed by atoms with E-state index in [0.29, 0.717) is 11.5 Å². The van der Waals surface area contributed by atoms with Crippen molar-refractivity contribution in [1.82, 2.24) is 10.2 Å². The standard InChI is InChI=1S/C15H32N2/c1-6-9-17-10-7-14(8-11-17)13(2)16-12-15(3,4)5/h13-14,16H,6-12H2,1-5H3. The molecule has 1 unspecified atom stereocenters. The van der Waals surface area contributed by atoms with E-state index in [4.69, 9.17) is 0 Å². The molecule has 0 saturated carbocycles. The van der Waals surface area contributed by atoms with Crippen molar-refractivity contribution in [3.8, 4) is 0 Å². The highest BCUT2D eigenvalue weighted by atomic mass is 15.1. The van der Waals surface area contributed by atoms with Gasteiger partial charge in [-0.15, -0.1) is 0 Å². The van der Waals surface area contributed by atoms with Crippen LogP contribution in [-0.4, -0.2) is 37.1 Å². The number of nitrogens with zero attached hydrogens (tertiary/aromatic N) is 1. The van der Waals surface area contributed by atoms with Gasteiger partial charge in [-0.3, -0.25) is 0 Å². The van der Waals surface area contributed by atoms with E-state index in [1.807, 2.05) is 0 Å². The summed E-state index contributed by atoms with van der Waals surface area (Å²) in [5.41, 5.74) is 0.400. The van der Waals surface area contributed by atoms with Gasteiger partial charge in [0, 0.05) is 12.6 Å². The highest BCUT2D eigenvalue weighted by molar-refractivity contribution is 4.80. The van der Waals surface area contributed by atoms with Gasteiger partial charge in [-0.05, 0) is 57.2 Å². The van der Waals surface area contributed by atoms with Crippen LogP contribution in [0.15, 0.2) is 0 Å². The fourth-order valence-corrected chi connectivity index (χ4v) is 2.63. The Morgan fingerprint density at radius 2 is 1.82 bits per heavy atom. The second-order valence-electron chi connectivity index (χ2n) is 6.91. The first-order valence-corrected chi connectivity index (χ1v) is 7.38. The first kappa shape index (κ1) is 15.0. The summed E-state index contributed by atoms with van der Waals surface area (Å²) in [5, 5.41) is 3.72. The molecule has 1 saturated heterocycles. The lowest BCUT2D eigenvalue weighted by Crippen LogP contribution is -2.44. The molecule has 1 fully saturated rings. The second-order valence-corrected chi connectivity index (χ2v) is 6.91. The topological polar surface area (TPSA) is 15.3 Å². The maximum Gasteiger partial charge on any atom is 0.00681 e. The van der Waals surface area contributed by atoms with Gasteiger partial charge in [-0.25, -0.2) is 0 Å². The maximum absolute atomic E-state index is 3.72. The van der Waals surface area contributed by atoms with Gasteiger partial charge >= 0.3 is 0 Å². The summed E-state index contributed by atoms with van der Waals surface area (Å²) in [7, 11) is 0. The van der Waals surface area contributed by atoms with Crippen LogP contribution in [0.2, 0.25) is 0 Å². The molecule has 102 valence electrons. The van der Waals surface area contributed by atoms with Crippen LogP contribution < -0.4 is 5.32 Å². The molecule has 1 aliphatic heterocycles. The van der Waals surface area contributed by atoms with Crippen molar-refractivity contribution in [2.45, 2.75) is 59.9 Å². The van der Waals surface area contributed by atoms with Crippen molar-refractivity contribution in [2.75, 3.05) is 26.2 Å². The van der Waals surface area contributed by atoms with Crippen LogP contribution in [0.3, 0.4) is 0 Å². The predicted octanol–water partition coefficient (Wildman–Crippen LogP) is 3.13. The average molecular weight is 240 g/mol. The molecule has 2 nitrogen and oxygen atoms in total. The van der Waals surface area contributed by atoms with Crippen LogP contribution in [0.1, 0.15) is 53.9 Å². The number of hydrogen-bond donors (Lipinski definition) is 1. The average Bonchev–Trinajstić information content (AvgIpc) is 2.26. The van der Waals surface area contributed by atoms with Crippen molar-refractivity contribution >= 4 is 0 Å². The largest absolute Gasteiger partial charge is 0.313 e. The molecule has 0 aromatic heterocycles. The van der Waals surface area contributed by atoms with Crippen LogP contribution in [0.25, 0.3) is 0 Å². The van der Waals surface area contributed by atoms with Gasteiger partial charge in [0.15, 0.2) is 0 Å².